The maximum Gasteiger partial charge on any atom is 0.245 e. The van der Waals surface area contributed by atoms with Crippen LogP contribution >= 0.6 is 0 Å². The van der Waals surface area contributed by atoms with Crippen LogP contribution in [0, 0.1) is 5.41 Å². The van der Waals surface area contributed by atoms with Crippen molar-refractivity contribution in [3.63, 3.8) is 0 Å². The second kappa shape index (κ2) is 5.57. The molecule has 3 heteroatoms. The van der Waals surface area contributed by atoms with Crippen molar-refractivity contribution in [1.82, 2.24) is 10.2 Å². The van der Waals surface area contributed by atoms with Gasteiger partial charge in [-0.2, -0.15) is 0 Å². The van der Waals surface area contributed by atoms with Gasteiger partial charge >= 0.3 is 0 Å². The molecule has 1 amide bonds. The van der Waals surface area contributed by atoms with Gasteiger partial charge in [-0.05, 0) is 23.8 Å². The molecule has 0 bridgehead atoms. The third-order valence-corrected chi connectivity index (χ3v) is 4.81. The van der Waals surface area contributed by atoms with Gasteiger partial charge in [-0.25, -0.2) is 0 Å². The first-order chi connectivity index (χ1) is 9.68. The van der Waals surface area contributed by atoms with Crippen molar-refractivity contribution < 1.29 is 4.79 Å². The number of nitrogens with zero attached hydrogens (tertiary/aromatic N) is 1. The van der Waals surface area contributed by atoms with E-state index in [-0.39, 0.29) is 11.9 Å². The molecule has 2 aliphatic rings. The minimum absolute atomic E-state index is 0.150. The summed E-state index contributed by atoms with van der Waals surface area (Å²) in [5.41, 5.74) is 1.40. The van der Waals surface area contributed by atoms with E-state index >= 15 is 0 Å². The average molecular weight is 272 g/mol. The molecular weight excluding hydrogens is 248 g/mol. The molecule has 1 unspecified atom stereocenters. The minimum atomic E-state index is -0.150. The van der Waals surface area contributed by atoms with Gasteiger partial charge in [0.25, 0.3) is 0 Å². The first kappa shape index (κ1) is 13.6. The molecule has 1 N–H and O–H groups in total. The van der Waals surface area contributed by atoms with E-state index in [2.05, 4.69) is 12.2 Å². The number of benzene rings is 1. The third kappa shape index (κ3) is 2.73. The number of nitrogens with one attached hydrogen (secondary N) is 1. The third-order valence-electron chi connectivity index (χ3n) is 4.81. The number of carbonyl (C=O) groups is 1. The lowest BCUT2D eigenvalue weighted by Gasteiger charge is -2.36. The van der Waals surface area contributed by atoms with Gasteiger partial charge in [0.05, 0.1) is 6.67 Å². The van der Waals surface area contributed by atoms with E-state index in [1.54, 1.807) is 0 Å². The van der Waals surface area contributed by atoms with Crippen molar-refractivity contribution >= 4 is 5.91 Å². The van der Waals surface area contributed by atoms with Crippen LogP contribution in [0.15, 0.2) is 30.3 Å². The van der Waals surface area contributed by atoms with Gasteiger partial charge in [0, 0.05) is 6.54 Å². The molecule has 1 aliphatic heterocycles. The number of amides is 1. The number of hydrogen-bond donors (Lipinski definition) is 1. The van der Waals surface area contributed by atoms with Crippen LogP contribution < -0.4 is 5.32 Å². The van der Waals surface area contributed by atoms with E-state index in [0.29, 0.717) is 12.1 Å². The van der Waals surface area contributed by atoms with E-state index in [1.165, 1.54) is 32.1 Å². The van der Waals surface area contributed by atoms with E-state index < -0.39 is 0 Å². The van der Waals surface area contributed by atoms with Crippen LogP contribution in [0.5, 0.6) is 0 Å². The van der Waals surface area contributed by atoms with Crippen molar-refractivity contribution in [2.75, 3.05) is 13.2 Å². The Kier molecular flexibility index (Phi) is 3.79. The quantitative estimate of drug-likeness (QED) is 0.917. The molecule has 0 spiro atoms. The normalized spacial score (nSPS) is 25.9. The van der Waals surface area contributed by atoms with Gasteiger partial charge < -0.3 is 4.90 Å². The Bertz CT molecular complexity index is 465. The second-order valence-corrected chi connectivity index (χ2v) is 6.61. The fraction of sp³-hybridized carbons (Fsp3) is 0.588. The number of rotatable bonds is 3. The Balaban J connectivity index is 1.67. The highest BCUT2D eigenvalue weighted by molar-refractivity contribution is 5.85. The zero-order valence-electron chi connectivity index (χ0n) is 12.3. The summed E-state index contributed by atoms with van der Waals surface area (Å²) in [6.07, 6.45) is 6.50. The van der Waals surface area contributed by atoms with E-state index in [1.807, 2.05) is 35.2 Å². The molecule has 108 valence electrons. The maximum absolute atomic E-state index is 12.6. The standard InChI is InChI=1S/C17H24N2O/c1-17(10-6-3-7-11-17)12-19-13-18-15(16(19)20)14-8-4-2-5-9-14/h2,4-5,8-9,15,18H,3,6-7,10-13H2,1H3. The van der Waals surface area contributed by atoms with Crippen molar-refractivity contribution in [1.29, 1.82) is 0 Å². The van der Waals surface area contributed by atoms with Gasteiger partial charge in [-0.3, -0.25) is 10.1 Å². The zero-order valence-corrected chi connectivity index (χ0v) is 12.3. The van der Waals surface area contributed by atoms with Gasteiger partial charge in [0.2, 0.25) is 5.91 Å². The molecule has 2 fully saturated rings. The molecule has 3 nitrogen and oxygen atoms in total. The minimum Gasteiger partial charge on any atom is -0.328 e. The molecule has 1 aliphatic carbocycles. The van der Waals surface area contributed by atoms with Crippen LogP contribution in [0.25, 0.3) is 0 Å². The number of carbonyl (C=O) groups excluding carboxylic acids is 1. The van der Waals surface area contributed by atoms with Crippen LogP contribution in [-0.4, -0.2) is 24.0 Å². The predicted molar refractivity (Wildman–Crippen MR) is 80.1 cm³/mol. The van der Waals surface area contributed by atoms with Crippen molar-refractivity contribution in [2.24, 2.45) is 5.41 Å². The summed E-state index contributed by atoms with van der Waals surface area (Å²) < 4.78 is 0. The largest absolute Gasteiger partial charge is 0.328 e. The Morgan fingerprint density at radius 2 is 1.90 bits per heavy atom. The highest BCUT2D eigenvalue weighted by Crippen LogP contribution is 2.37. The van der Waals surface area contributed by atoms with Crippen LogP contribution in [0.2, 0.25) is 0 Å². The summed E-state index contributed by atoms with van der Waals surface area (Å²) in [5, 5.41) is 3.36. The topological polar surface area (TPSA) is 32.3 Å². The average Bonchev–Trinajstić information content (AvgIpc) is 2.81. The fourth-order valence-corrected chi connectivity index (χ4v) is 3.61. The highest BCUT2D eigenvalue weighted by atomic mass is 16.2. The van der Waals surface area contributed by atoms with Crippen LogP contribution in [0.4, 0.5) is 0 Å². The maximum atomic E-state index is 12.6. The first-order valence-electron chi connectivity index (χ1n) is 7.75. The molecule has 1 aromatic carbocycles. The van der Waals surface area contributed by atoms with Crippen molar-refractivity contribution in [3.05, 3.63) is 35.9 Å². The SMILES string of the molecule is CC1(CN2CNC(c3ccccc3)C2=O)CCCCC1. The molecule has 20 heavy (non-hydrogen) atoms. The Hall–Kier alpha value is -1.35. The molecule has 1 aromatic rings. The predicted octanol–water partition coefficient (Wildman–Crippen LogP) is 3.09. The molecule has 3 rings (SSSR count). The Labute approximate surface area is 121 Å². The lowest BCUT2D eigenvalue weighted by atomic mass is 9.75. The van der Waals surface area contributed by atoms with Crippen molar-refractivity contribution in [3.8, 4) is 0 Å². The lowest BCUT2D eigenvalue weighted by Crippen LogP contribution is -2.39. The summed E-state index contributed by atoms with van der Waals surface area (Å²) in [5.74, 6) is 0.239. The molecule has 0 aromatic heterocycles. The van der Waals surface area contributed by atoms with E-state index in [4.69, 9.17) is 0 Å². The Morgan fingerprint density at radius 3 is 2.60 bits per heavy atom. The molecule has 1 heterocycles. The van der Waals surface area contributed by atoms with Crippen LogP contribution in [0.1, 0.15) is 50.6 Å². The molecular formula is C17H24N2O. The zero-order chi connectivity index (χ0) is 14.0. The second-order valence-electron chi connectivity index (χ2n) is 6.61. The molecule has 1 saturated carbocycles. The summed E-state index contributed by atoms with van der Waals surface area (Å²) in [6, 6.07) is 9.89. The van der Waals surface area contributed by atoms with Gasteiger partial charge in [-0.1, -0.05) is 56.5 Å². The number of hydrogen-bond acceptors (Lipinski definition) is 2. The summed E-state index contributed by atoms with van der Waals surface area (Å²) in [6.45, 7) is 3.94. The fourth-order valence-electron chi connectivity index (χ4n) is 3.61. The Morgan fingerprint density at radius 1 is 1.20 bits per heavy atom. The first-order valence-corrected chi connectivity index (χ1v) is 7.75. The molecule has 0 radical (unpaired) electrons. The lowest BCUT2D eigenvalue weighted by molar-refractivity contribution is -0.130. The van der Waals surface area contributed by atoms with Crippen LogP contribution in [-0.2, 0) is 4.79 Å². The smallest absolute Gasteiger partial charge is 0.245 e. The van der Waals surface area contributed by atoms with E-state index in [9.17, 15) is 4.79 Å². The summed E-state index contributed by atoms with van der Waals surface area (Å²) in [4.78, 5) is 14.6. The monoisotopic (exact) mass is 272 g/mol. The molecule has 1 atom stereocenters. The van der Waals surface area contributed by atoms with Gasteiger partial charge in [0.1, 0.15) is 6.04 Å². The summed E-state index contributed by atoms with van der Waals surface area (Å²) in [7, 11) is 0. The van der Waals surface area contributed by atoms with Gasteiger partial charge in [0.15, 0.2) is 0 Å². The van der Waals surface area contributed by atoms with E-state index in [0.717, 1.165) is 12.1 Å². The highest BCUT2D eigenvalue weighted by Gasteiger charge is 2.37. The van der Waals surface area contributed by atoms with Crippen LogP contribution in [0.3, 0.4) is 0 Å². The summed E-state index contributed by atoms with van der Waals surface area (Å²) >= 11 is 0. The van der Waals surface area contributed by atoms with Crippen molar-refractivity contribution in [2.45, 2.75) is 45.1 Å². The molecule has 1 saturated heterocycles. The van der Waals surface area contributed by atoms with Gasteiger partial charge in [-0.15, -0.1) is 0 Å².